The van der Waals surface area contributed by atoms with Gasteiger partial charge in [0.2, 0.25) is 0 Å². The highest BCUT2D eigenvalue weighted by atomic mass is 35.5. The summed E-state index contributed by atoms with van der Waals surface area (Å²) in [4.78, 5) is 24.0. The van der Waals surface area contributed by atoms with E-state index >= 15 is 0 Å². The minimum absolute atomic E-state index is 0.175. The third-order valence-electron chi connectivity index (χ3n) is 4.36. The Balaban J connectivity index is 1.83. The van der Waals surface area contributed by atoms with Gasteiger partial charge < -0.3 is 10.1 Å². The summed E-state index contributed by atoms with van der Waals surface area (Å²) in [6.07, 6.45) is 6.57. The van der Waals surface area contributed by atoms with Crippen molar-refractivity contribution in [3.05, 3.63) is 40.9 Å². The molecule has 0 saturated heterocycles. The van der Waals surface area contributed by atoms with Gasteiger partial charge in [-0.15, -0.1) is 0 Å². The van der Waals surface area contributed by atoms with Gasteiger partial charge in [0.1, 0.15) is 0 Å². The van der Waals surface area contributed by atoms with Crippen LogP contribution in [-0.2, 0) is 14.3 Å². The van der Waals surface area contributed by atoms with E-state index in [1.165, 1.54) is 12.5 Å². The number of amides is 1. The predicted octanol–water partition coefficient (Wildman–Crippen LogP) is 3.98. The van der Waals surface area contributed by atoms with E-state index in [0.717, 1.165) is 24.8 Å². The van der Waals surface area contributed by atoms with Crippen molar-refractivity contribution >= 4 is 29.6 Å². The highest BCUT2D eigenvalue weighted by molar-refractivity contribution is 6.30. The van der Waals surface area contributed by atoms with Gasteiger partial charge in [-0.3, -0.25) is 4.79 Å². The summed E-state index contributed by atoms with van der Waals surface area (Å²) in [5.74, 6) is -0.319. The first-order chi connectivity index (χ1) is 11.5. The van der Waals surface area contributed by atoms with Gasteiger partial charge in [0.05, 0.1) is 0 Å². The maximum absolute atomic E-state index is 12.2. The third-order valence-corrected chi connectivity index (χ3v) is 4.60. The topological polar surface area (TPSA) is 55.4 Å². The van der Waals surface area contributed by atoms with Crippen molar-refractivity contribution in [3.8, 4) is 0 Å². The molecule has 2 rings (SSSR count). The molecule has 1 N–H and O–H groups in total. The van der Waals surface area contributed by atoms with Gasteiger partial charge in [-0.05, 0) is 49.5 Å². The molecule has 1 aromatic rings. The first-order valence-electron chi connectivity index (χ1n) is 8.40. The number of hydrogen-bond acceptors (Lipinski definition) is 3. The van der Waals surface area contributed by atoms with Gasteiger partial charge >= 0.3 is 5.97 Å². The molecule has 0 bridgehead atoms. The van der Waals surface area contributed by atoms with Crippen molar-refractivity contribution in [3.63, 3.8) is 0 Å². The molecule has 1 aliphatic rings. The maximum Gasteiger partial charge on any atom is 0.331 e. The van der Waals surface area contributed by atoms with Crippen molar-refractivity contribution in [2.45, 2.75) is 51.7 Å². The third kappa shape index (κ3) is 5.68. The zero-order valence-electron chi connectivity index (χ0n) is 14.1. The van der Waals surface area contributed by atoms with Crippen molar-refractivity contribution in [2.24, 2.45) is 5.92 Å². The summed E-state index contributed by atoms with van der Waals surface area (Å²) in [6, 6.07) is 7.31. The van der Waals surface area contributed by atoms with Crippen molar-refractivity contribution in [2.75, 3.05) is 0 Å². The van der Waals surface area contributed by atoms with Gasteiger partial charge in [0.25, 0.3) is 5.91 Å². The Labute approximate surface area is 148 Å². The van der Waals surface area contributed by atoms with Crippen LogP contribution in [0.3, 0.4) is 0 Å². The SMILES string of the molecule is C[C@H](OC(=O)/C=C/c1cccc(Cl)c1)C(=O)N[C@@H]1CCCC[C@@H]1C. The number of rotatable bonds is 5. The van der Waals surface area contributed by atoms with Crippen LogP contribution in [-0.4, -0.2) is 24.0 Å². The van der Waals surface area contributed by atoms with Gasteiger partial charge in [-0.1, -0.05) is 43.5 Å². The summed E-state index contributed by atoms with van der Waals surface area (Å²) in [7, 11) is 0. The van der Waals surface area contributed by atoms with E-state index in [1.807, 2.05) is 6.07 Å². The molecule has 5 heteroatoms. The minimum atomic E-state index is -0.810. The van der Waals surface area contributed by atoms with Crippen molar-refractivity contribution in [1.29, 1.82) is 0 Å². The first kappa shape index (κ1) is 18.5. The number of benzene rings is 1. The summed E-state index contributed by atoms with van der Waals surface area (Å²) < 4.78 is 5.17. The van der Waals surface area contributed by atoms with E-state index < -0.39 is 12.1 Å². The van der Waals surface area contributed by atoms with Gasteiger partial charge in [-0.25, -0.2) is 4.79 Å². The molecule has 4 nitrogen and oxygen atoms in total. The minimum Gasteiger partial charge on any atom is -0.449 e. The quantitative estimate of drug-likeness (QED) is 0.646. The molecule has 1 fully saturated rings. The van der Waals surface area contributed by atoms with Crippen LogP contribution >= 0.6 is 11.6 Å². The number of halogens is 1. The number of ether oxygens (including phenoxy) is 1. The van der Waals surface area contributed by atoms with Gasteiger partial charge in [0, 0.05) is 17.1 Å². The van der Waals surface area contributed by atoms with Crippen molar-refractivity contribution in [1.82, 2.24) is 5.32 Å². The number of esters is 1. The summed E-state index contributed by atoms with van der Waals surface area (Å²) in [5.41, 5.74) is 0.799. The fraction of sp³-hybridized carbons (Fsp3) is 0.474. The van der Waals surface area contributed by atoms with E-state index in [1.54, 1.807) is 31.2 Å². The largest absolute Gasteiger partial charge is 0.449 e. The lowest BCUT2D eigenvalue weighted by atomic mass is 9.86. The van der Waals surface area contributed by atoms with Crippen molar-refractivity contribution < 1.29 is 14.3 Å². The van der Waals surface area contributed by atoms with E-state index in [-0.39, 0.29) is 11.9 Å². The summed E-state index contributed by atoms with van der Waals surface area (Å²) in [5, 5.41) is 3.59. The highest BCUT2D eigenvalue weighted by Crippen LogP contribution is 2.23. The maximum atomic E-state index is 12.2. The van der Waals surface area contributed by atoms with Crippen LogP contribution < -0.4 is 5.32 Å². The second-order valence-corrected chi connectivity index (χ2v) is 6.78. The molecule has 1 aliphatic carbocycles. The molecular formula is C19H24ClNO3. The Morgan fingerprint density at radius 2 is 2.08 bits per heavy atom. The lowest BCUT2D eigenvalue weighted by molar-refractivity contribution is -0.150. The number of nitrogens with one attached hydrogen (secondary N) is 1. The van der Waals surface area contributed by atoms with E-state index in [0.29, 0.717) is 10.9 Å². The Bertz CT molecular complexity index is 614. The van der Waals surface area contributed by atoms with Crippen LogP contribution in [0.25, 0.3) is 6.08 Å². The molecule has 0 heterocycles. The smallest absolute Gasteiger partial charge is 0.331 e. The first-order valence-corrected chi connectivity index (χ1v) is 8.78. The molecule has 1 saturated carbocycles. The standard InChI is InChI=1S/C19H24ClNO3/c1-13-6-3-4-9-17(13)21-19(23)14(2)24-18(22)11-10-15-7-5-8-16(20)12-15/h5,7-8,10-14,17H,3-4,6,9H2,1-2H3,(H,21,23)/b11-10+/t13-,14-,17+/m0/s1. The average molecular weight is 350 g/mol. The number of carbonyl (C=O) groups excluding carboxylic acids is 2. The molecule has 3 atom stereocenters. The molecule has 0 aromatic heterocycles. The van der Waals surface area contributed by atoms with E-state index in [4.69, 9.17) is 16.3 Å². The molecule has 0 unspecified atom stereocenters. The Kier molecular flexibility index (Phi) is 6.85. The summed E-state index contributed by atoms with van der Waals surface area (Å²) in [6.45, 7) is 3.74. The fourth-order valence-electron chi connectivity index (χ4n) is 2.87. The van der Waals surface area contributed by atoms with Crippen LogP contribution in [0.15, 0.2) is 30.3 Å². The second-order valence-electron chi connectivity index (χ2n) is 6.34. The molecule has 0 radical (unpaired) electrons. The van der Waals surface area contributed by atoms with Crippen LogP contribution in [0.1, 0.15) is 45.1 Å². The van der Waals surface area contributed by atoms with Gasteiger partial charge in [0.15, 0.2) is 6.10 Å². The second kappa shape index (κ2) is 8.88. The molecule has 24 heavy (non-hydrogen) atoms. The number of carbonyl (C=O) groups is 2. The Morgan fingerprint density at radius 3 is 2.79 bits per heavy atom. The normalized spacial score (nSPS) is 22.1. The molecule has 0 spiro atoms. The highest BCUT2D eigenvalue weighted by Gasteiger charge is 2.25. The molecular weight excluding hydrogens is 326 g/mol. The van der Waals surface area contributed by atoms with Crippen LogP contribution in [0, 0.1) is 5.92 Å². The Hall–Kier alpha value is -1.81. The predicted molar refractivity (Wildman–Crippen MR) is 95.6 cm³/mol. The zero-order chi connectivity index (χ0) is 17.5. The molecule has 0 aliphatic heterocycles. The lowest BCUT2D eigenvalue weighted by Crippen LogP contribution is -2.45. The molecule has 130 valence electrons. The lowest BCUT2D eigenvalue weighted by Gasteiger charge is -2.30. The van der Waals surface area contributed by atoms with Crippen LogP contribution in [0.5, 0.6) is 0 Å². The zero-order valence-corrected chi connectivity index (χ0v) is 14.9. The number of hydrogen-bond donors (Lipinski definition) is 1. The average Bonchev–Trinajstić information content (AvgIpc) is 2.55. The summed E-state index contributed by atoms with van der Waals surface area (Å²) >= 11 is 5.89. The van der Waals surface area contributed by atoms with E-state index in [2.05, 4.69) is 12.2 Å². The van der Waals surface area contributed by atoms with Crippen LogP contribution in [0.4, 0.5) is 0 Å². The van der Waals surface area contributed by atoms with Crippen LogP contribution in [0.2, 0.25) is 5.02 Å². The monoisotopic (exact) mass is 349 g/mol. The molecule has 1 aromatic carbocycles. The van der Waals surface area contributed by atoms with E-state index in [9.17, 15) is 9.59 Å². The molecule has 1 amide bonds. The Morgan fingerprint density at radius 1 is 1.33 bits per heavy atom. The van der Waals surface area contributed by atoms with Gasteiger partial charge in [-0.2, -0.15) is 0 Å². The fourth-order valence-corrected chi connectivity index (χ4v) is 3.07.